The molecule has 3 rings (SSSR count). The van der Waals surface area contributed by atoms with Gasteiger partial charge in [-0.05, 0) is 38.1 Å². The van der Waals surface area contributed by atoms with Crippen LogP contribution in [-0.2, 0) is 16.0 Å². The molecule has 1 fully saturated rings. The van der Waals surface area contributed by atoms with Gasteiger partial charge >= 0.3 is 0 Å². The van der Waals surface area contributed by atoms with Crippen LogP contribution in [0.5, 0.6) is 0 Å². The Kier molecular flexibility index (Phi) is 7.57. The lowest BCUT2D eigenvalue weighted by Gasteiger charge is -2.35. The number of carbonyl (C=O) groups is 2. The number of halogens is 1. The molecule has 0 atom stereocenters. The van der Waals surface area contributed by atoms with Crippen molar-refractivity contribution in [2.24, 2.45) is 0 Å². The second kappa shape index (κ2) is 10.3. The fourth-order valence-corrected chi connectivity index (χ4v) is 3.57. The summed E-state index contributed by atoms with van der Waals surface area (Å²) in [4.78, 5) is 34.8. The summed E-state index contributed by atoms with van der Waals surface area (Å²) in [6.45, 7) is 8.45. The van der Waals surface area contributed by atoms with Gasteiger partial charge in [0.1, 0.15) is 5.82 Å². The molecule has 0 spiro atoms. The van der Waals surface area contributed by atoms with Gasteiger partial charge < -0.3 is 14.2 Å². The molecule has 1 aromatic carbocycles. The van der Waals surface area contributed by atoms with Crippen molar-refractivity contribution in [2.75, 3.05) is 45.8 Å². The molecule has 0 saturated carbocycles. The molecule has 0 aliphatic carbocycles. The van der Waals surface area contributed by atoms with Crippen molar-refractivity contribution in [2.45, 2.75) is 26.7 Å². The predicted molar refractivity (Wildman–Crippen MR) is 111 cm³/mol. The number of carbonyl (C=O) groups excluding carboxylic acids is 2. The molecule has 0 bridgehead atoms. The van der Waals surface area contributed by atoms with E-state index in [4.69, 9.17) is 4.42 Å². The Labute approximate surface area is 176 Å². The molecule has 1 aromatic heterocycles. The number of piperazine rings is 1. The zero-order valence-corrected chi connectivity index (χ0v) is 17.6. The SMILES string of the molecule is CCN(CC)C(=O)CN1CCN(C(=O)CCc2ncc(-c3ccc(F)cc3)o2)CC1. The monoisotopic (exact) mass is 416 g/mol. The molecule has 8 heteroatoms. The normalized spacial score (nSPS) is 14.7. The molecule has 7 nitrogen and oxygen atoms in total. The van der Waals surface area contributed by atoms with E-state index in [-0.39, 0.29) is 17.6 Å². The third-order valence-corrected chi connectivity index (χ3v) is 5.44. The standard InChI is InChI=1S/C22H29FN4O3/c1-3-26(4-2)22(29)16-25-11-13-27(14-12-25)21(28)10-9-20-24-15-19(30-20)17-5-7-18(23)8-6-17/h5-8,15H,3-4,9-14,16H2,1-2H3. The minimum absolute atomic E-state index is 0.0613. The first-order chi connectivity index (χ1) is 14.5. The van der Waals surface area contributed by atoms with E-state index in [9.17, 15) is 14.0 Å². The van der Waals surface area contributed by atoms with E-state index < -0.39 is 0 Å². The fraction of sp³-hybridized carbons (Fsp3) is 0.500. The number of benzene rings is 1. The summed E-state index contributed by atoms with van der Waals surface area (Å²) in [7, 11) is 0. The third-order valence-electron chi connectivity index (χ3n) is 5.44. The Hall–Kier alpha value is -2.74. The van der Waals surface area contributed by atoms with Crippen molar-refractivity contribution in [1.29, 1.82) is 0 Å². The van der Waals surface area contributed by atoms with Gasteiger partial charge in [0.15, 0.2) is 11.7 Å². The Balaban J connectivity index is 1.43. The molecule has 0 N–H and O–H groups in total. The second-order valence-electron chi connectivity index (χ2n) is 7.35. The van der Waals surface area contributed by atoms with Crippen molar-refractivity contribution >= 4 is 11.8 Å². The molecule has 1 saturated heterocycles. The molecule has 0 radical (unpaired) electrons. The largest absolute Gasteiger partial charge is 0.441 e. The summed E-state index contributed by atoms with van der Waals surface area (Å²) >= 11 is 0. The Morgan fingerprint density at radius 2 is 1.77 bits per heavy atom. The van der Waals surface area contributed by atoms with Crippen LogP contribution in [0.4, 0.5) is 4.39 Å². The van der Waals surface area contributed by atoms with E-state index in [2.05, 4.69) is 9.88 Å². The number of oxazole rings is 1. The van der Waals surface area contributed by atoms with Crippen LogP contribution in [0.3, 0.4) is 0 Å². The second-order valence-corrected chi connectivity index (χ2v) is 7.35. The highest BCUT2D eigenvalue weighted by atomic mass is 19.1. The van der Waals surface area contributed by atoms with Gasteiger partial charge in [-0.2, -0.15) is 0 Å². The lowest BCUT2D eigenvalue weighted by molar-refractivity contribution is -0.135. The highest BCUT2D eigenvalue weighted by Gasteiger charge is 2.23. The lowest BCUT2D eigenvalue weighted by Crippen LogP contribution is -2.51. The van der Waals surface area contributed by atoms with Gasteiger partial charge in [-0.1, -0.05) is 0 Å². The maximum atomic E-state index is 13.0. The van der Waals surface area contributed by atoms with Crippen LogP contribution in [0.1, 0.15) is 26.2 Å². The number of hydrogen-bond acceptors (Lipinski definition) is 5. The lowest BCUT2D eigenvalue weighted by atomic mass is 10.2. The molecular formula is C22H29FN4O3. The van der Waals surface area contributed by atoms with Crippen molar-refractivity contribution < 1.29 is 18.4 Å². The molecule has 1 aliphatic rings. The molecule has 2 amide bonds. The summed E-state index contributed by atoms with van der Waals surface area (Å²) < 4.78 is 18.7. The number of likely N-dealkylation sites (N-methyl/N-ethyl adjacent to an activating group) is 1. The molecule has 2 aromatic rings. The van der Waals surface area contributed by atoms with E-state index >= 15 is 0 Å². The van der Waals surface area contributed by atoms with E-state index in [1.807, 2.05) is 23.6 Å². The van der Waals surface area contributed by atoms with E-state index in [0.29, 0.717) is 57.2 Å². The average molecular weight is 416 g/mol. The molecule has 0 unspecified atom stereocenters. The average Bonchev–Trinajstić information content (AvgIpc) is 3.23. The summed E-state index contributed by atoms with van der Waals surface area (Å²) in [5, 5.41) is 0. The zero-order chi connectivity index (χ0) is 21.5. The van der Waals surface area contributed by atoms with Crippen molar-refractivity contribution in [3.8, 4) is 11.3 Å². The van der Waals surface area contributed by atoms with Crippen LogP contribution in [0.2, 0.25) is 0 Å². The van der Waals surface area contributed by atoms with Crippen LogP contribution in [0.25, 0.3) is 11.3 Å². The zero-order valence-electron chi connectivity index (χ0n) is 17.6. The number of amides is 2. The number of aryl methyl sites for hydroxylation is 1. The molecular weight excluding hydrogens is 387 g/mol. The van der Waals surface area contributed by atoms with Crippen LogP contribution in [-0.4, -0.2) is 77.3 Å². The Bertz CT molecular complexity index is 840. The van der Waals surface area contributed by atoms with Crippen molar-refractivity contribution in [3.63, 3.8) is 0 Å². The van der Waals surface area contributed by atoms with Crippen LogP contribution in [0.15, 0.2) is 34.9 Å². The van der Waals surface area contributed by atoms with Crippen LogP contribution in [0, 0.1) is 5.82 Å². The van der Waals surface area contributed by atoms with Gasteiger partial charge in [0.2, 0.25) is 11.8 Å². The topological polar surface area (TPSA) is 69.9 Å². The predicted octanol–water partition coefficient (Wildman–Crippen LogP) is 2.43. The molecule has 162 valence electrons. The first kappa shape index (κ1) is 22.0. The van der Waals surface area contributed by atoms with E-state index in [1.165, 1.54) is 12.1 Å². The van der Waals surface area contributed by atoms with Gasteiger partial charge in [-0.3, -0.25) is 14.5 Å². The first-order valence-corrected chi connectivity index (χ1v) is 10.5. The van der Waals surface area contributed by atoms with E-state index in [0.717, 1.165) is 18.7 Å². The van der Waals surface area contributed by atoms with Gasteiger partial charge in [0.25, 0.3) is 0 Å². The molecule has 30 heavy (non-hydrogen) atoms. The van der Waals surface area contributed by atoms with Gasteiger partial charge in [0.05, 0.1) is 12.7 Å². The fourth-order valence-electron chi connectivity index (χ4n) is 3.57. The number of rotatable bonds is 8. The smallest absolute Gasteiger partial charge is 0.236 e. The third kappa shape index (κ3) is 5.66. The Morgan fingerprint density at radius 1 is 1.10 bits per heavy atom. The van der Waals surface area contributed by atoms with Gasteiger partial charge in [0, 0.05) is 57.7 Å². The minimum atomic E-state index is -0.304. The first-order valence-electron chi connectivity index (χ1n) is 10.5. The maximum absolute atomic E-state index is 13.0. The number of aromatic nitrogens is 1. The summed E-state index contributed by atoms with van der Waals surface area (Å²) in [5.74, 6) is 0.948. The highest BCUT2D eigenvalue weighted by molar-refractivity contribution is 5.78. The summed E-state index contributed by atoms with van der Waals surface area (Å²) in [6.07, 6.45) is 2.33. The van der Waals surface area contributed by atoms with Crippen molar-refractivity contribution in [1.82, 2.24) is 19.7 Å². The van der Waals surface area contributed by atoms with Crippen molar-refractivity contribution in [3.05, 3.63) is 42.2 Å². The maximum Gasteiger partial charge on any atom is 0.236 e. The van der Waals surface area contributed by atoms with E-state index in [1.54, 1.807) is 18.3 Å². The minimum Gasteiger partial charge on any atom is -0.441 e. The van der Waals surface area contributed by atoms with Crippen LogP contribution < -0.4 is 0 Å². The number of nitrogens with zero attached hydrogens (tertiary/aromatic N) is 4. The molecule has 1 aliphatic heterocycles. The summed E-state index contributed by atoms with van der Waals surface area (Å²) in [6, 6.07) is 6.01. The number of hydrogen-bond donors (Lipinski definition) is 0. The Morgan fingerprint density at radius 3 is 2.40 bits per heavy atom. The van der Waals surface area contributed by atoms with Crippen LogP contribution >= 0.6 is 0 Å². The summed E-state index contributed by atoms with van der Waals surface area (Å²) in [5.41, 5.74) is 0.747. The highest BCUT2D eigenvalue weighted by Crippen LogP contribution is 2.21. The quantitative estimate of drug-likeness (QED) is 0.661. The van der Waals surface area contributed by atoms with Gasteiger partial charge in [-0.15, -0.1) is 0 Å². The molecule has 2 heterocycles. The van der Waals surface area contributed by atoms with Gasteiger partial charge in [-0.25, -0.2) is 9.37 Å².